The van der Waals surface area contributed by atoms with Crippen molar-refractivity contribution in [2.75, 3.05) is 4.90 Å². The van der Waals surface area contributed by atoms with Crippen LogP contribution >= 0.6 is 0 Å². The van der Waals surface area contributed by atoms with Gasteiger partial charge in [0.05, 0.1) is 6.54 Å². The number of para-hydroxylation sites is 1. The fourth-order valence-electron chi connectivity index (χ4n) is 3.78. The number of halogens is 3. The molecular formula is C23H23F3N4O2. The first-order valence-electron chi connectivity index (χ1n) is 10.5. The number of hydrogen-bond acceptors (Lipinski definition) is 4. The van der Waals surface area contributed by atoms with E-state index in [-0.39, 0.29) is 18.0 Å². The molecule has 2 amide bonds. The van der Waals surface area contributed by atoms with E-state index in [1.807, 2.05) is 30.3 Å². The molecule has 0 atom stereocenters. The zero-order chi connectivity index (χ0) is 22.6. The van der Waals surface area contributed by atoms with Gasteiger partial charge in [-0.15, -0.1) is 10.2 Å². The van der Waals surface area contributed by atoms with E-state index in [1.54, 1.807) is 29.2 Å². The molecule has 1 aliphatic rings. The summed E-state index contributed by atoms with van der Waals surface area (Å²) in [6.45, 7) is 0.306. The van der Waals surface area contributed by atoms with Gasteiger partial charge in [0.15, 0.2) is 0 Å². The number of amides is 2. The Labute approximate surface area is 183 Å². The highest BCUT2D eigenvalue weighted by molar-refractivity contribution is 5.92. The normalized spacial score (nSPS) is 14.8. The maximum absolute atomic E-state index is 13.1. The maximum atomic E-state index is 13.1. The molecule has 0 spiro atoms. The van der Waals surface area contributed by atoms with Gasteiger partial charge in [0, 0.05) is 17.3 Å². The third-order valence-corrected chi connectivity index (χ3v) is 5.45. The van der Waals surface area contributed by atoms with Crippen molar-refractivity contribution in [2.24, 2.45) is 0 Å². The first-order valence-corrected chi connectivity index (χ1v) is 10.5. The van der Waals surface area contributed by atoms with Gasteiger partial charge in [-0.3, -0.25) is 4.90 Å². The topological polar surface area (TPSA) is 71.3 Å². The monoisotopic (exact) mass is 444 g/mol. The van der Waals surface area contributed by atoms with Crippen LogP contribution in [0.1, 0.15) is 43.6 Å². The maximum Gasteiger partial charge on any atom is 0.470 e. The van der Waals surface area contributed by atoms with Crippen molar-refractivity contribution >= 4 is 11.7 Å². The van der Waals surface area contributed by atoms with E-state index >= 15 is 0 Å². The number of anilines is 1. The summed E-state index contributed by atoms with van der Waals surface area (Å²) in [4.78, 5) is 14.7. The lowest BCUT2D eigenvalue weighted by Gasteiger charge is -2.28. The average Bonchev–Trinajstić information content (AvgIpc) is 3.30. The number of carbonyl (C=O) groups excluding carboxylic acids is 1. The van der Waals surface area contributed by atoms with E-state index in [1.165, 1.54) is 6.42 Å². The van der Waals surface area contributed by atoms with Crippen LogP contribution in [0.15, 0.2) is 59.0 Å². The molecule has 0 saturated heterocycles. The molecule has 0 aliphatic heterocycles. The molecule has 1 fully saturated rings. The van der Waals surface area contributed by atoms with Gasteiger partial charge in [0.25, 0.3) is 0 Å². The van der Waals surface area contributed by atoms with Gasteiger partial charge in [-0.05, 0) is 42.7 Å². The first-order chi connectivity index (χ1) is 15.4. The van der Waals surface area contributed by atoms with Crippen LogP contribution in [0.4, 0.5) is 23.7 Å². The molecule has 9 heteroatoms. The molecule has 32 heavy (non-hydrogen) atoms. The van der Waals surface area contributed by atoms with Gasteiger partial charge in [-0.25, -0.2) is 4.79 Å². The minimum Gasteiger partial charge on any atom is -0.413 e. The Morgan fingerprint density at radius 3 is 2.31 bits per heavy atom. The van der Waals surface area contributed by atoms with Gasteiger partial charge in [-0.1, -0.05) is 49.6 Å². The van der Waals surface area contributed by atoms with Crippen molar-refractivity contribution in [3.05, 3.63) is 66.1 Å². The van der Waals surface area contributed by atoms with Crippen molar-refractivity contribution in [2.45, 2.75) is 50.9 Å². The quantitative estimate of drug-likeness (QED) is 0.540. The second kappa shape index (κ2) is 9.42. The molecule has 4 rings (SSSR count). The summed E-state index contributed by atoms with van der Waals surface area (Å²) in [5.41, 5.74) is 1.94. The SMILES string of the molecule is O=C(NC1CCCCC1)N(Cc1ccc(-c2nnc(C(F)(F)F)o2)cc1)c1ccccc1. The largest absolute Gasteiger partial charge is 0.470 e. The summed E-state index contributed by atoms with van der Waals surface area (Å²) < 4.78 is 42.8. The first kappa shape index (κ1) is 21.9. The fourth-order valence-corrected chi connectivity index (χ4v) is 3.78. The highest BCUT2D eigenvalue weighted by Crippen LogP contribution is 2.30. The zero-order valence-electron chi connectivity index (χ0n) is 17.3. The smallest absolute Gasteiger partial charge is 0.413 e. The molecule has 1 heterocycles. The number of rotatable bonds is 5. The highest BCUT2D eigenvalue weighted by Gasteiger charge is 2.38. The molecule has 2 aromatic carbocycles. The van der Waals surface area contributed by atoms with Crippen LogP contribution in [0, 0.1) is 0 Å². The molecule has 1 aliphatic carbocycles. The Balaban J connectivity index is 1.50. The molecule has 6 nitrogen and oxygen atoms in total. The van der Waals surface area contributed by atoms with Crippen LogP contribution in [0.25, 0.3) is 11.5 Å². The van der Waals surface area contributed by atoms with Crippen LogP contribution in [-0.2, 0) is 12.7 Å². The van der Waals surface area contributed by atoms with Crippen LogP contribution in [0.3, 0.4) is 0 Å². The Morgan fingerprint density at radius 2 is 1.69 bits per heavy atom. The lowest BCUT2D eigenvalue weighted by Crippen LogP contribution is -2.45. The van der Waals surface area contributed by atoms with E-state index in [9.17, 15) is 18.0 Å². The van der Waals surface area contributed by atoms with Crippen molar-refractivity contribution < 1.29 is 22.4 Å². The van der Waals surface area contributed by atoms with Gasteiger partial charge < -0.3 is 9.73 Å². The predicted octanol–water partition coefficient (Wildman–Crippen LogP) is 5.80. The third-order valence-electron chi connectivity index (χ3n) is 5.45. The van der Waals surface area contributed by atoms with Gasteiger partial charge in [-0.2, -0.15) is 13.2 Å². The Bertz CT molecular complexity index is 1030. The lowest BCUT2D eigenvalue weighted by atomic mass is 9.96. The number of nitrogens with one attached hydrogen (secondary N) is 1. The number of carbonyl (C=O) groups is 1. The van der Waals surface area contributed by atoms with E-state index in [0.29, 0.717) is 12.1 Å². The average molecular weight is 444 g/mol. The number of aromatic nitrogens is 2. The summed E-state index contributed by atoms with van der Waals surface area (Å²) in [6.07, 6.45) is 0.700. The lowest BCUT2D eigenvalue weighted by molar-refractivity contribution is -0.156. The summed E-state index contributed by atoms with van der Waals surface area (Å²) >= 11 is 0. The Hall–Kier alpha value is -3.36. The van der Waals surface area contributed by atoms with Crippen molar-refractivity contribution in [3.63, 3.8) is 0 Å². The van der Waals surface area contributed by atoms with E-state index in [2.05, 4.69) is 15.5 Å². The summed E-state index contributed by atoms with van der Waals surface area (Å²) in [5.74, 6) is -1.59. The molecule has 0 unspecified atom stereocenters. The Kier molecular flexibility index (Phi) is 6.43. The van der Waals surface area contributed by atoms with Crippen molar-refractivity contribution in [3.8, 4) is 11.5 Å². The van der Waals surface area contributed by atoms with Crippen LogP contribution in [0.2, 0.25) is 0 Å². The molecule has 1 saturated carbocycles. The third kappa shape index (κ3) is 5.27. The highest BCUT2D eigenvalue weighted by atomic mass is 19.4. The number of hydrogen-bond donors (Lipinski definition) is 1. The zero-order valence-corrected chi connectivity index (χ0v) is 17.3. The molecule has 1 aromatic heterocycles. The predicted molar refractivity (Wildman–Crippen MR) is 113 cm³/mol. The summed E-state index contributed by atoms with van der Waals surface area (Å²) in [6, 6.07) is 16.0. The Morgan fingerprint density at radius 1 is 1.00 bits per heavy atom. The standard InChI is InChI=1S/C23H23F3N4O2/c24-23(25,26)21-29-28-20(32-21)17-13-11-16(12-14-17)15-30(19-9-5-2-6-10-19)22(31)27-18-7-3-1-4-8-18/h2,5-6,9-14,18H,1,3-4,7-8,15H2,(H,27,31). The van der Waals surface area contributed by atoms with E-state index < -0.39 is 12.1 Å². The van der Waals surface area contributed by atoms with Gasteiger partial charge in [0.2, 0.25) is 5.89 Å². The van der Waals surface area contributed by atoms with Crippen LogP contribution in [-0.4, -0.2) is 22.3 Å². The van der Waals surface area contributed by atoms with Gasteiger partial charge in [0.1, 0.15) is 0 Å². The van der Waals surface area contributed by atoms with E-state index in [0.717, 1.165) is 36.9 Å². The second-order valence-electron chi connectivity index (χ2n) is 7.81. The number of benzene rings is 2. The second-order valence-corrected chi connectivity index (χ2v) is 7.81. The van der Waals surface area contributed by atoms with Crippen LogP contribution in [0.5, 0.6) is 0 Å². The van der Waals surface area contributed by atoms with Crippen LogP contribution < -0.4 is 10.2 Å². The van der Waals surface area contributed by atoms with E-state index in [4.69, 9.17) is 4.42 Å². The summed E-state index contributed by atoms with van der Waals surface area (Å²) in [7, 11) is 0. The molecular weight excluding hydrogens is 421 g/mol. The number of nitrogens with zero attached hydrogens (tertiary/aromatic N) is 3. The fraction of sp³-hybridized carbons (Fsp3) is 0.348. The molecule has 168 valence electrons. The molecule has 3 aromatic rings. The van der Waals surface area contributed by atoms with Crippen molar-refractivity contribution in [1.82, 2.24) is 15.5 Å². The minimum atomic E-state index is -4.69. The minimum absolute atomic E-state index is 0.168. The summed E-state index contributed by atoms with van der Waals surface area (Å²) in [5, 5.41) is 9.66. The molecule has 0 radical (unpaired) electrons. The number of urea groups is 1. The number of alkyl halides is 3. The van der Waals surface area contributed by atoms with Crippen molar-refractivity contribution in [1.29, 1.82) is 0 Å². The molecule has 0 bridgehead atoms. The molecule has 1 N–H and O–H groups in total. The van der Waals surface area contributed by atoms with Gasteiger partial charge >= 0.3 is 18.1 Å².